The highest BCUT2D eigenvalue weighted by Gasteiger charge is 2.46. The van der Waals surface area contributed by atoms with Crippen LogP contribution in [0.5, 0.6) is 0 Å². The molecule has 0 saturated carbocycles. The number of carbonyl (C=O) groups excluding carboxylic acids is 1. The van der Waals surface area contributed by atoms with Crippen molar-refractivity contribution in [2.24, 2.45) is 0 Å². The maximum absolute atomic E-state index is 12.0. The summed E-state index contributed by atoms with van der Waals surface area (Å²) in [5.41, 5.74) is -0.601. The van der Waals surface area contributed by atoms with Gasteiger partial charge in [0.2, 0.25) is 5.91 Å². The SMILES string of the molecule is CCCN(C(C)=O)C(CCC)(C(=O)O)c1ccccc1. The van der Waals surface area contributed by atoms with Crippen LogP contribution in [0.1, 0.15) is 45.6 Å². The van der Waals surface area contributed by atoms with Crippen molar-refractivity contribution in [2.75, 3.05) is 6.54 Å². The highest BCUT2D eigenvalue weighted by molar-refractivity contribution is 5.87. The predicted molar refractivity (Wildman–Crippen MR) is 78.3 cm³/mol. The average molecular weight is 277 g/mol. The zero-order valence-corrected chi connectivity index (χ0v) is 12.4. The Labute approximate surface area is 120 Å². The van der Waals surface area contributed by atoms with Crippen LogP contribution in [0.2, 0.25) is 0 Å². The molecule has 0 fully saturated rings. The number of carboxylic acid groups (broad SMARTS) is 1. The summed E-state index contributed by atoms with van der Waals surface area (Å²) in [6.45, 7) is 5.76. The van der Waals surface area contributed by atoms with Crippen molar-refractivity contribution in [3.63, 3.8) is 0 Å². The summed E-state index contributed by atoms with van der Waals surface area (Å²) in [5.74, 6) is -1.17. The first-order chi connectivity index (χ1) is 9.50. The molecule has 4 heteroatoms. The fourth-order valence-corrected chi connectivity index (χ4v) is 2.70. The first-order valence-electron chi connectivity index (χ1n) is 7.07. The second kappa shape index (κ2) is 7.08. The van der Waals surface area contributed by atoms with E-state index in [0.29, 0.717) is 24.9 Å². The van der Waals surface area contributed by atoms with Gasteiger partial charge in [0.25, 0.3) is 0 Å². The molecular formula is C16H23NO3. The quantitative estimate of drug-likeness (QED) is 0.833. The third-order valence-corrected chi connectivity index (χ3v) is 3.51. The summed E-state index contributed by atoms with van der Waals surface area (Å²) in [7, 11) is 0. The van der Waals surface area contributed by atoms with E-state index < -0.39 is 11.5 Å². The van der Waals surface area contributed by atoms with Crippen LogP contribution in [0.15, 0.2) is 30.3 Å². The number of rotatable bonds is 7. The number of nitrogens with zero attached hydrogens (tertiary/aromatic N) is 1. The fourth-order valence-electron chi connectivity index (χ4n) is 2.70. The normalized spacial score (nSPS) is 13.6. The molecule has 20 heavy (non-hydrogen) atoms. The Kier molecular flexibility index (Phi) is 5.74. The van der Waals surface area contributed by atoms with Gasteiger partial charge in [-0.25, -0.2) is 4.79 Å². The van der Waals surface area contributed by atoms with Crippen LogP contribution >= 0.6 is 0 Å². The Bertz CT molecular complexity index is 458. The standard InChI is InChI=1S/C16H23NO3/c1-4-11-16(15(19)20,14-9-7-6-8-10-14)17(12-5-2)13(3)18/h6-10H,4-5,11-12H2,1-3H3,(H,19,20). The van der Waals surface area contributed by atoms with Crippen LogP contribution < -0.4 is 0 Å². The van der Waals surface area contributed by atoms with Gasteiger partial charge in [0, 0.05) is 13.5 Å². The highest BCUT2D eigenvalue weighted by Crippen LogP contribution is 2.34. The van der Waals surface area contributed by atoms with Crippen LogP contribution in [-0.2, 0) is 15.1 Å². The summed E-state index contributed by atoms with van der Waals surface area (Å²) in [6.07, 6.45) is 1.83. The molecule has 1 atom stereocenters. The van der Waals surface area contributed by atoms with Crippen molar-refractivity contribution in [1.82, 2.24) is 4.90 Å². The van der Waals surface area contributed by atoms with Gasteiger partial charge in [-0.1, -0.05) is 50.6 Å². The van der Waals surface area contributed by atoms with Crippen molar-refractivity contribution in [2.45, 2.75) is 45.6 Å². The molecule has 1 unspecified atom stereocenters. The Hall–Kier alpha value is -1.84. The minimum absolute atomic E-state index is 0.202. The summed E-state index contributed by atoms with van der Waals surface area (Å²) in [4.78, 5) is 25.5. The number of hydrogen-bond acceptors (Lipinski definition) is 2. The summed E-state index contributed by atoms with van der Waals surface area (Å²) >= 11 is 0. The van der Waals surface area contributed by atoms with Crippen LogP contribution in [-0.4, -0.2) is 28.4 Å². The summed E-state index contributed by atoms with van der Waals surface area (Å²) < 4.78 is 0. The molecule has 0 aliphatic rings. The van der Waals surface area contributed by atoms with Crippen LogP contribution in [0.3, 0.4) is 0 Å². The third kappa shape index (κ3) is 3.00. The zero-order chi connectivity index (χ0) is 15.2. The smallest absolute Gasteiger partial charge is 0.334 e. The number of aliphatic carboxylic acids is 1. The van der Waals surface area contributed by atoms with Gasteiger partial charge in [0.05, 0.1) is 0 Å². The number of amides is 1. The van der Waals surface area contributed by atoms with Crippen molar-refractivity contribution in [1.29, 1.82) is 0 Å². The Morgan fingerprint density at radius 3 is 2.15 bits per heavy atom. The Morgan fingerprint density at radius 2 is 1.75 bits per heavy atom. The van der Waals surface area contributed by atoms with Crippen molar-refractivity contribution in [3.05, 3.63) is 35.9 Å². The zero-order valence-electron chi connectivity index (χ0n) is 12.4. The lowest BCUT2D eigenvalue weighted by Crippen LogP contribution is -2.54. The van der Waals surface area contributed by atoms with Gasteiger partial charge in [-0.3, -0.25) is 4.79 Å². The second-order valence-electron chi connectivity index (χ2n) is 4.95. The van der Waals surface area contributed by atoms with E-state index in [2.05, 4.69) is 0 Å². The molecule has 0 aliphatic heterocycles. The van der Waals surface area contributed by atoms with E-state index in [1.807, 2.05) is 32.0 Å². The molecule has 0 heterocycles. The van der Waals surface area contributed by atoms with Crippen LogP contribution in [0, 0.1) is 0 Å². The lowest BCUT2D eigenvalue weighted by molar-refractivity contribution is -0.160. The van der Waals surface area contributed by atoms with Crippen molar-refractivity contribution in [3.8, 4) is 0 Å². The summed E-state index contributed by atoms with van der Waals surface area (Å²) in [6, 6.07) is 9.05. The fraction of sp³-hybridized carbons (Fsp3) is 0.500. The second-order valence-corrected chi connectivity index (χ2v) is 4.95. The van der Waals surface area contributed by atoms with E-state index in [-0.39, 0.29) is 5.91 Å². The molecule has 1 aromatic rings. The summed E-state index contributed by atoms with van der Waals surface area (Å²) in [5, 5.41) is 9.86. The molecule has 110 valence electrons. The van der Waals surface area contributed by atoms with Gasteiger partial charge in [-0.05, 0) is 18.4 Å². The maximum atomic E-state index is 12.0. The first kappa shape index (κ1) is 16.2. The molecule has 1 aromatic carbocycles. The van der Waals surface area contributed by atoms with Crippen molar-refractivity contribution < 1.29 is 14.7 Å². The molecule has 4 nitrogen and oxygen atoms in total. The van der Waals surface area contributed by atoms with Gasteiger partial charge in [0.1, 0.15) is 0 Å². The molecule has 0 aromatic heterocycles. The van der Waals surface area contributed by atoms with E-state index >= 15 is 0 Å². The Balaban J connectivity index is 3.45. The minimum atomic E-state index is -1.27. The van der Waals surface area contributed by atoms with E-state index in [1.165, 1.54) is 11.8 Å². The number of carbonyl (C=O) groups is 2. The van der Waals surface area contributed by atoms with Gasteiger partial charge in [-0.15, -0.1) is 0 Å². The molecule has 1 rings (SSSR count). The lowest BCUT2D eigenvalue weighted by atomic mass is 9.83. The maximum Gasteiger partial charge on any atom is 0.334 e. The molecule has 0 bridgehead atoms. The monoisotopic (exact) mass is 277 g/mol. The van der Waals surface area contributed by atoms with E-state index in [4.69, 9.17) is 0 Å². The lowest BCUT2D eigenvalue weighted by Gasteiger charge is -2.40. The molecule has 0 saturated heterocycles. The molecule has 0 aliphatic carbocycles. The van der Waals surface area contributed by atoms with E-state index in [1.54, 1.807) is 12.1 Å². The van der Waals surface area contributed by atoms with Crippen molar-refractivity contribution >= 4 is 11.9 Å². The van der Waals surface area contributed by atoms with Gasteiger partial charge >= 0.3 is 5.97 Å². The van der Waals surface area contributed by atoms with Gasteiger partial charge < -0.3 is 10.0 Å². The minimum Gasteiger partial charge on any atom is -0.479 e. The topological polar surface area (TPSA) is 57.6 Å². The molecule has 1 amide bonds. The number of hydrogen-bond donors (Lipinski definition) is 1. The number of carboxylic acids is 1. The largest absolute Gasteiger partial charge is 0.479 e. The predicted octanol–water partition coefficient (Wildman–Crippen LogP) is 3.03. The van der Waals surface area contributed by atoms with E-state index in [0.717, 1.165) is 6.42 Å². The molecule has 0 spiro atoms. The molecule has 1 N–H and O–H groups in total. The first-order valence-corrected chi connectivity index (χ1v) is 7.07. The highest BCUT2D eigenvalue weighted by atomic mass is 16.4. The third-order valence-electron chi connectivity index (χ3n) is 3.51. The van der Waals surface area contributed by atoms with Gasteiger partial charge in [-0.2, -0.15) is 0 Å². The van der Waals surface area contributed by atoms with Crippen LogP contribution in [0.25, 0.3) is 0 Å². The van der Waals surface area contributed by atoms with Gasteiger partial charge in [0.15, 0.2) is 5.54 Å². The average Bonchev–Trinajstić information content (AvgIpc) is 2.43. The number of benzene rings is 1. The van der Waals surface area contributed by atoms with E-state index in [9.17, 15) is 14.7 Å². The Morgan fingerprint density at radius 1 is 1.15 bits per heavy atom. The van der Waals surface area contributed by atoms with Crippen LogP contribution in [0.4, 0.5) is 0 Å². The molecular weight excluding hydrogens is 254 g/mol. The molecule has 0 radical (unpaired) electrons.